The van der Waals surface area contributed by atoms with Crippen LogP contribution in [0.4, 0.5) is 17.5 Å². The Kier molecular flexibility index (Phi) is 5.29. The van der Waals surface area contributed by atoms with Crippen molar-refractivity contribution in [2.45, 2.75) is 27.3 Å². The summed E-state index contributed by atoms with van der Waals surface area (Å²) in [5, 5.41) is 3.41. The van der Waals surface area contributed by atoms with Crippen molar-refractivity contribution in [3.63, 3.8) is 0 Å². The van der Waals surface area contributed by atoms with Crippen LogP contribution in [0.25, 0.3) is 0 Å². The van der Waals surface area contributed by atoms with Gasteiger partial charge in [0.2, 0.25) is 5.95 Å². The standard InChI is InChI=1S/C21H24N4/c1-4-25(19-11-7-8-16(2)14-19)21-22-13-12-20(24-21)23-15-18-10-6-5-9-17(18)3/h5-14H,4,15H2,1-3H3,(H,22,23,24). The molecular formula is C21H24N4. The van der Waals surface area contributed by atoms with Crippen LogP contribution >= 0.6 is 0 Å². The molecule has 1 aromatic heterocycles. The van der Waals surface area contributed by atoms with E-state index >= 15 is 0 Å². The van der Waals surface area contributed by atoms with Crippen LogP contribution in [0.5, 0.6) is 0 Å². The van der Waals surface area contributed by atoms with Gasteiger partial charge in [-0.3, -0.25) is 0 Å². The van der Waals surface area contributed by atoms with Gasteiger partial charge in [-0.15, -0.1) is 0 Å². The molecule has 4 heteroatoms. The molecule has 0 aliphatic rings. The number of benzene rings is 2. The highest BCUT2D eigenvalue weighted by molar-refractivity contribution is 5.59. The minimum atomic E-state index is 0.711. The van der Waals surface area contributed by atoms with Gasteiger partial charge in [0, 0.05) is 25.0 Å². The normalized spacial score (nSPS) is 10.5. The quantitative estimate of drug-likeness (QED) is 0.699. The number of nitrogens with zero attached hydrogens (tertiary/aromatic N) is 3. The summed E-state index contributed by atoms with van der Waals surface area (Å²) in [4.78, 5) is 11.3. The molecule has 0 radical (unpaired) electrons. The number of hydrogen-bond donors (Lipinski definition) is 1. The van der Waals surface area contributed by atoms with E-state index in [4.69, 9.17) is 4.98 Å². The first kappa shape index (κ1) is 17.0. The monoisotopic (exact) mass is 332 g/mol. The summed E-state index contributed by atoms with van der Waals surface area (Å²) < 4.78 is 0. The van der Waals surface area contributed by atoms with Crippen molar-refractivity contribution in [1.82, 2.24) is 9.97 Å². The molecule has 0 fully saturated rings. The molecule has 0 unspecified atom stereocenters. The third-order valence-electron chi connectivity index (χ3n) is 4.24. The Morgan fingerprint density at radius 3 is 2.60 bits per heavy atom. The number of rotatable bonds is 6. The molecule has 0 atom stereocenters. The first-order valence-corrected chi connectivity index (χ1v) is 8.63. The average molecular weight is 332 g/mol. The lowest BCUT2D eigenvalue weighted by Gasteiger charge is -2.21. The smallest absolute Gasteiger partial charge is 0.231 e. The minimum absolute atomic E-state index is 0.711. The van der Waals surface area contributed by atoms with Crippen molar-refractivity contribution >= 4 is 17.5 Å². The van der Waals surface area contributed by atoms with E-state index in [1.54, 1.807) is 6.20 Å². The van der Waals surface area contributed by atoms with Crippen molar-refractivity contribution in [2.75, 3.05) is 16.8 Å². The number of hydrogen-bond acceptors (Lipinski definition) is 4. The SMILES string of the molecule is CCN(c1cccc(C)c1)c1nccc(NCc2ccccc2C)n1. The minimum Gasteiger partial charge on any atom is -0.366 e. The molecule has 0 saturated heterocycles. The molecule has 0 saturated carbocycles. The zero-order chi connectivity index (χ0) is 17.6. The van der Waals surface area contributed by atoms with E-state index in [1.165, 1.54) is 16.7 Å². The number of nitrogens with one attached hydrogen (secondary N) is 1. The van der Waals surface area contributed by atoms with Crippen molar-refractivity contribution < 1.29 is 0 Å². The van der Waals surface area contributed by atoms with E-state index in [2.05, 4.69) is 84.5 Å². The largest absolute Gasteiger partial charge is 0.366 e. The van der Waals surface area contributed by atoms with Crippen molar-refractivity contribution in [2.24, 2.45) is 0 Å². The highest BCUT2D eigenvalue weighted by atomic mass is 15.3. The Balaban J connectivity index is 1.79. The number of aryl methyl sites for hydroxylation is 2. The topological polar surface area (TPSA) is 41.1 Å². The molecule has 0 spiro atoms. The van der Waals surface area contributed by atoms with Gasteiger partial charge in [0.25, 0.3) is 0 Å². The first-order chi connectivity index (χ1) is 12.2. The molecule has 1 N–H and O–H groups in total. The summed E-state index contributed by atoms with van der Waals surface area (Å²) in [5.74, 6) is 1.54. The Hall–Kier alpha value is -2.88. The van der Waals surface area contributed by atoms with E-state index in [0.29, 0.717) is 5.95 Å². The molecule has 0 bridgehead atoms. The van der Waals surface area contributed by atoms with Gasteiger partial charge >= 0.3 is 0 Å². The zero-order valence-electron chi connectivity index (χ0n) is 15.0. The van der Waals surface area contributed by atoms with Gasteiger partial charge in [-0.05, 0) is 55.7 Å². The molecule has 2 aromatic carbocycles. The van der Waals surface area contributed by atoms with Crippen molar-refractivity contribution in [3.8, 4) is 0 Å². The number of aromatic nitrogens is 2. The maximum Gasteiger partial charge on any atom is 0.231 e. The summed E-state index contributed by atoms with van der Waals surface area (Å²) in [6, 6.07) is 18.7. The highest BCUT2D eigenvalue weighted by Gasteiger charge is 2.11. The molecule has 25 heavy (non-hydrogen) atoms. The van der Waals surface area contributed by atoms with Crippen LogP contribution in [-0.4, -0.2) is 16.5 Å². The molecule has 1 heterocycles. The summed E-state index contributed by atoms with van der Waals surface area (Å²) in [6.45, 7) is 7.89. The van der Waals surface area contributed by atoms with Gasteiger partial charge < -0.3 is 10.2 Å². The van der Waals surface area contributed by atoms with E-state index in [-0.39, 0.29) is 0 Å². The maximum atomic E-state index is 4.70. The second-order valence-corrected chi connectivity index (χ2v) is 6.11. The van der Waals surface area contributed by atoms with Gasteiger partial charge in [0.1, 0.15) is 5.82 Å². The van der Waals surface area contributed by atoms with E-state index in [9.17, 15) is 0 Å². The predicted molar refractivity (Wildman–Crippen MR) is 104 cm³/mol. The first-order valence-electron chi connectivity index (χ1n) is 8.63. The van der Waals surface area contributed by atoms with Crippen molar-refractivity contribution in [1.29, 1.82) is 0 Å². The molecule has 3 rings (SSSR count). The second kappa shape index (κ2) is 7.79. The van der Waals surface area contributed by atoms with Crippen molar-refractivity contribution in [3.05, 3.63) is 77.5 Å². The summed E-state index contributed by atoms with van der Waals surface area (Å²) in [5.41, 5.74) is 4.89. The number of anilines is 3. The van der Waals surface area contributed by atoms with Crippen LogP contribution in [0.3, 0.4) is 0 Å². The van der Waals surface area contributed by atoms with Crippen LogP contribution < -0.4 is 10.2 Å². The maximum absolute atomic E-state index is 4.70. The molecule has 0 aliphatic carbocycles. The highest BCUT2D eigenvalue weighted by Crippen LogP contribution is 2.23. The van der Waals surface area contributed by atoms with Crippen LogP contribution in [0.15, 0.2) is 60.8 Å². The van der Waals surface area contributed by atoms with Gasteiger partial charge in [0.05, 0.1) is 0 Å². The Labute approximate surface area is 149 Å². The summed E-state index contributed by atoms with van der Waals surface area (Å²) >= 11 is 0. The van der Waals surface area contributed by atoms with Gasteiger partial charge in [-0.25, -0.2) is 4.98 Å². The van der Waals surface area contributed by atoms with Gasteiger partial charge in [0.15, 0.2) is 0 Å². The Morgan fingerprint density at radius 1 is 1.00 bits per heavy atom. The summed E-state index contributed by atoms with van der Waals surface area (Å²) in [6.07, 6.45) is 1.81. The summed E-state index contributed by atoms with van der Waals surface area (Å²) in [7, 11) is 0. The lowest BCUT2D eigenvalue weighted by Crippen LogP contribution is -2.19. The van der Waals surface area contributed by atoms with E-state index < -0.39 is 0 Å². The van der Waals surface area contributed by atoms with Crippen LogP contribution in [0.1, 0.15) is 23.6 Å². The fraction of sp³-hybridized carbons (Fsp3) is 0.238. The molecule has 128 valence electrons. The molecule has 0 amide bonds. The molecular weight excluding hydrogens is 308 g/mol. The average Bonchev–Trinajstić information content (AvgIpc) is 2.62. The third-order valence-corrected chi connectivity index (χ3v) is 4.24. The molecule has 3 aromatic rings. The zero-order valence-corrected chi connectivity index (χ0v) is 15.0. The Morgan fingerprint density at radius 2 is 1.84 bits per heavy atom. The third kappa shape index (κ3) is 4.15. The fourth-order valence-electron chi connectivity index (χ4n) is 2.81. The van der Waals surface area contributed by atoms with Crippen LogP contribution in [-0.2, 0) is 6.54 Å². The molecule has 0 aliphatic heterocycles. The van der Waals surface area contributed by atoms with Gasteiger partial charge in [-0.2, -0.15) is 4.98 Å². The Bertz CT molecular complexity index is 845. The second-order valence-electron chi connectivity index (χ2n) is 6.11. The lowest BCUT2D eigenvalue weighted by molar-refractivity contribution is 0.941. The van der Waals surface area contributed by atoms with E-state index in [0.717, 1.165) is 24.6 Å². The van der Waals surface area contributed by atoms with Crippen LogP contribution in [0.2, 0.25) is 0 Å². The fourth-order valence-corrected chi connectivity index (χ4v) is 2.81. The lowest BCUT2D eigenvalue weighted by atomic mass is 10.1. The van der Waals surface area contributed by atoms with Gasteiger partial charge in [-0.1, -0.05) is 36.4 Å². The van der Waals surface area contributed by atoms with Crippen LogP contribution in [0, 0.1) is 13.8 Å². The molecule has 4 nitrogen and oxygen atoms in total. The predicted octanol–water partition coefficient (Wildman–Crippen LogP) is 4.86. The van der Waals surface area contributed by atoms with E-state index in [1.807, 2.05) is 6.07 Å².